The van der Waals surface area contributed by atoms with Crippen LogP contribution in [0.15, 0.2) is 39.3 Å². The van der Waals surface area contributed by atoms with E-state index in [-0.39, 0.29) is 5.82 Å². The van der Waals surface area contributed by atoms with E-state index >= 15 is 0 Å². The molecule has 19 heavy (non-hydrogen) atoms. The molecular formula is C15H14Br2FN. The first-order valence-electron chi connectivity index (χ1n) is 5.92. The first-order valence-corrected chi connectivity index (χ1v) is 7.50. The van der Waals surface area contributed by atoms with E-state index in [1.165, 1.54) is 17.2 Å². The van der Waals surface area contributed by atoms with Crippen molar-refractivity contribution in [3.63, 3.8) is 0 Å². The van der Waals surface area contributed by atoms with Crippen molar-refractivity contribution in [2.45, 2.75) is 20.4 Å². The van der Waals surface area contributed by atoms with Gasteiger partial charge in [0.25, 0.3) is 0 Å². The summed E-state index contributed by atoms with van der Waals surface area (Å²) in [5.74, 6) is -0.218. The molecule has 0 saturated carbocycles. The molecule has 0 atom stereocenters. The highest BCUT2D eigenvalue weighted by Gasteiger charge is 2.06. The van der Waals surface area contributed by atoms with Gasteiger partial charge in [-0.05, 0) is 60.9 Å². The molecule has 0 aliphatic heterocycles. The van der Waals surface area contributed by atoms with Gasteiger partial charge in [-0.15, -0.1) is 0 Å². The Hall–Kier alpha value is -0.870. The Morgan fingerprint density at radius 1 is 1.05 bits per heavy atom. The Morgan fingerprint density at radius 2 is 1.68 bits per heavy atom. The third kappa shape index (κ3) is 3.57. The predicted molar refractivity (Wildman–Crippen MR) is 85.0 cm³/mol. The molecule has 0 bridgehead atoms. The van der Waals surface area contributed by atoms with Crippen LogP contribution in [0.3, 0.4) is 0 Å². The van der Waals surface area contributed by atoms with Crippen LogP contribution in [0, 0.1) is 19.7 Å². The Balaban J connectivity index is 2.21. The summed E-state index contributed by atoms with van der Waals surface area (Å²) in [5.41, 5.74) is 4.33. The molecule has 0 aromatic heterocycles. The number of aryl methyl sites for hydroxylation is 2. The molecule has 2 aromatic carbocycles. The molecule has 1 nitrogen and oxygen atoms in total. The van der Waals surface area contributed by atoms with Gasteiger partial charge in [0.1, 0.15) is 5.82 Å². The topological polar surface area (TPSA) is 12.0 Å². The summed E-state index contributed by atoms with van der Waals surface area (Å²) < 4.78 is 15.2. The molecule has 0 radical (unpaired) electrons. The van der Waals surface area contributed by atoms with Crippen LogP contribution in [-0.4, -0.2) is 0 Å². The second-order valence-corrected chi connectivity index (χ2v) is 6.27. The van der Waals surface area contributed by atoms with Crippen LogP contribution in [0.1, 0.15) is 16.7 Å². The molecule has 0 aliphatic carbocycles. The van der Waals surface area contributed by atoms with E-state index in [2.05, 4.69) is 63.2 Å². The smallest absolute Gasteiger partial charge is 0.123 e. The number of hydrogen-bond donors (Lipinski definition) is 1. The SMILES string of the molecule is Cc1cc(Br)cc(C)c1NCc1cc(F)ccc1Br. The van der Waals surface area contributed by atoms with Crippen molar-refractivity contribution in [2.24, 2.45) is 0 Å². The van der Waals surface area contributed by atoms with Gasteiger partial charge < -0.3 is 5.32 Å². The van der Waals surface area contributed by atoms with Gasteiger partial charge in [-0.2, -0.15) is 0 Å². The van der Waals surface area contributed by atoms with E-state index in [0.717, 1.165) is 20.2 Å². The summed E-state index contributed by atoms with van der Waals surface area (Å²) in [5, 5.41) is 3.38. The molecule has 2 aromatic rings. The van der Waals surface area contributed by atoms with Gasteiger partial charge in [0.05, 0.1) is 0 Å². The summed E-state index contributed by atoms with van der Waals surface area (Å²) in [6.07, 6.45) is 0. The van der Waals surface area contributed by atoms with Crippen molar-refractivity contribution < 1.29 is 4.39 Å². The lowest BCUT2D eigenvalue weighted by Gasteiger charge is -2.14. The maximum absolute atomic E-state index is 13.2. The normalized spacial score (nSPS) is 10.6. The fourth-order valence-corrected chi connectivity index (χ4v) is 3.13. The molecule has 100 valence electrons. The summed E-state index contributed by atoms with van der Waals surface area (Å²) in [7, 11) is 0. The van der Waals surface area contributed by atoms with E-state index < -0.39 is 0 Å². The van der Waals surface area contributed by atoms with Gasteiger partial charge in [-0.25, -0.2) is 4.39 Å². The molecule has 4 heteroatoms. The average Bonchev–Trinajstić information content (AvgIpc) is 2.32. The Bertz CT molecular complexity index is 588. The maximum atomic E-state index is 13.2. The predicted octanol–water partition coefficient (Wildman–Crippen LogP) is 5.58. The van der Waals surface area contributed by atoms with Crippen LogP contribution in [0.4, 0.5) is 10.1 Å². The maximum Gasteiger partial charge on any atom is 0.123 e. The zero-order valence-electron chi connectivity index (χ0n) is 10.7. The molecule has 1 N–H and O–H groups in total. The van der Waals surface area contributed by atoms with Gasteiger partial charge in [-0.3, -0.25) is 0 Å². The average molecular weight is 387 g/mol. The third-order valence-electron chi connectivity index (χ3n) is 2.96. The number of anilines is 1. The number of halogens is 3. The van der Waals surface area contributed by atoms with Crippen molar-refractivity contribution in [1.82, 2.24) is 0 Å². The van der Waals surface area contributed by atoms with E-state index in [4.69, 9.17) is 0 Å². The Morgan fingerprint density at radius 3 is 2.32 bits per heavy atom. The van der Waals surface area contributed by atoms with Gasteiger partial charge in [-0.1, -0.05) is 31.9 Å². The highest BCUT2D eigenvalue weighted by atomic mass is 79.9. The van der Waals surface area contributed by atoms with Crippen molar-refractivity contribution in [3.8, 4) is 0 Å². The van der Waals surface area contributed by atoms with E-state index in [9.17, 15) is 4.39 Å². The first kappa shape index (κ1) is 14.5. The lowest BCUT2D eigenvalue weighted by Crippen LogP contribution is -2.04. The Labute approximate surface area is 129 Å². The first-order chi connectivity index (χ1) is 8.97. The molecule has 0 saturated heterocycles. The van der Waals surface area contributed by atoms with Gasteiger partial charge in [0, 0.05) is 21.2 Å². The highest BCUT2D eigenvalue weighted by Crippen LogP contribution is 2.26. The van der Waals surface area contributed by atoms with Crippen LogP contribution in [0.25, 0.3) is 0 Å². The number of benzene rings is 2. The van der Waals surface area contributed by atoms with Crippen LogP contribution >= 0.6 is 31.9 Å². The second-order valence-electron chi connectivity index (χ2n) is 4.50. The zero-order chi connectivity index (χ0) is 14.0. The van der Waals surface area contributed by atoms with E-state index in [1.807, 2.05) is 0 Å². The standard InChI is InChI=1S/C15H14Br2FN/c1-9-5-12(16)6-10(2)15(9)19-8-11-7-13(18)3-4-14(11)17/h3-7,19H,8H2,1-2H3. The quantitative estimate of drug-likeness (QED) is 0.725. The van der Waals surface area contributed by atoms with Crippen LogP contribution in [0.5, 0.6) is 0 Å². The molecule has 0 fully saturated rings. The second kappa shape index (κ2) is 6.06. The van der Waals surface area contributed by atoms with Gasteiger partial charge >= 0.3 is 0 Å². The van der Waals surface area contributed by atoms with E-state index in [0.29, 0.717) is 6.54 Å². The summed E-state index contributed by atoms with van der Waals surface area (Å²) >= 11 is 6.92. The number of rotatable bonds is 3. The van der Waals surface area contributed by atoms with Gasteiger partial charge in [0.15, 0.2) is 0 Å². The van der Waals surface area contributed by atoms with Crippen LogP contribution in [0.2, 0.25) is 0 Å². The summed E-state index contributed by atoms with van der Waals surface area (Å²) in [4.78, 5) is 0. The Kier molecular flexibility index (Phi) is 4.63. The molecular weight excluding hydrogens is 373 g/mol. The van der Waals surface area contributed by atoms with Crippen LogP contribution < -0.4 is 5.32 Å². The van der Waals surface area contributed by atoms with Crippen LogP contribution in [-0.2, 0) is 6.54 Å². The third-order valence-corrected chi connectivity index (χ3v) is 4.19. The molecule has 2 rings (SSSR count). The van der Waals surface area contributed by atoms with Crippen molar-refractivity contribution in [2.75, 3.05) is 5.32 Å². The lowest BCUT2D eigenvalue weighted by atomic mass is 10.1. The molecule has 0 heterocycles. The van der Waals surface area contributed by atoms with Gasteiger partial charge in [0.2, 0.25) is 0 Å². The monoisotopic (exact) mass is 385 g/mol. The molecule has 0 unspecified atom stereocenters. The molecule has 0 aliphatic rings. The van der Waals surface area contributed by atoms with Crippen molar-refractivity contribution in [1.29, 1.82) is 0 Å². The number of nitrogens with one attached hydrogen (secondary N) is 1. The molecule has 0 spiro atoms. The minimum absolute atomic E-state index is 0.218. The van der Waals surface area contributed by atoms with Crippen molar-refractivity contribution >= 4 is 37.5 Å². The zero-order valence-corrected chi connectivity index (χ0v) is 13.9. The van der Waals surface area contributed by atoms with E-state index in [1.54, 1.807) is 12.1 Å². The fourth-order valence-electron chi connectivity index (χ4n) is 2.05. The minimum atomic E-state index is -0.218. The highest BCUT2D eigenvalue weighted by molar-refractivity contribution is 9.10. The fraction of sp³-hybridized carbons (Fsp3) is 0.200. The minimum Gasteiger partial charge on any atom is -0.380 e. The summed E-state index contributed by atoms with van der Waals surface area (Å²) in [6.45, 7) is 4.70. The number of hydrogen-bond acceptors (Lipinski definition) is 1. The lowest BCUT2D eigenvalue weighted by molar-refractivity contribution is 0.625. The largest absolute Gasteiger partial charge is 0.380 e. The molecule has 0 amide bonds. The van der Waals surface area contributed by atoms with Crippen molar-refractivity contribution in [3.05, 3.63) is 61.8 Å². The summed E-state index contributed by atoms with van der Waals surface area (Å²) in [6, 6.07) is 8.85.